The van der Waals surface area contributed by atoms with Gasteiger partial charge in [0.05, 0.1) is 19.2 Å². The van der Waals surface area contributed by atoms with Crippen LogP contribution in [0.3, 0.4) is 0 Å². The lowest BCUT2D eigenvalue weighted by molar-refractivity contribution is -0.146. The minimum atomic E-state index is -0.454. The Hall–Kier alpha value is -2.18. The fourth-order valence-corrected chi connectivity index (χ4v) is 2.98. The highest BCUT2D eigenvalue weighted by molar-refractivity contribution is 7.99. The number of carbonyl (C=O) groups is 2. The Bertz CT molecular complexity index is 724. The molecule has 2 aromatic rings. The summed E-state index contributed by atoms with van der Waals surface area (Å²) in [6.45, 7) is -0.357. The van der Waals surface area contributed by atoms with Crippen molar-refractivity contribution in [2.45, 2.75) is 11.3 Å². The predicted molar refractivity (Wildman–Crippen MR) is 99.4 cm³/mol. The van der Waals surface area contributed by atoms with Crippen LogP contribution in [0.4, 0.5) is 5.69 Å². The van der Waals surface area contributed by atoms with Gasteiger partial charge >= 0.3 is 5.97 Å². The molecule has 0 heterocycles. The van der Waals surface area contributed by atoms with E-state index in [0.29, 0.717) is 22.2 Å². The van der Waals surface area contributed by atoms with Crippen LogP contribution in [0.15, 0.2) is 53.4 Å². The molecular formula is C18H18ClNO4S. The molecule has 0 atom stereocenters. The first-order valence-electron chi connectivity index (χ1n) is 7.55. The van der Waals surface area contributed by atoms with Gasteiger partial charge in [-0.05, 0) is 30.3 Å². The average molecular weight is 380 g/mol. The molecule has 132 valence electrons. The van der Waals surface area contributed by atoms with Crippen LogP contribution in [0, 0.1) is 0 Å². The summed E-state index contributed by atoms with van der Waals surface area (Å²) < 4.78 is 10.1. The van der Waals surface area contributed by atoms with Gasteiger partial charge < -0.3 is 14.8 Å². The molecule has 0 bridgehead atoms. The van der Waals surface area contributed by atoms with Crippen molar-refractivity contribution < 1.29 is 19.1 Å². The molecule has 0 aliphatic carbocycles. The third kappa shape index (κ3) is 6.68. The van der Waals surface area contributed by atoms with Gasteiger partial charge in [0, 0.05) is 15.7 Å². The van der Waals surface area contributed by atoms with Gasteiger partial charge in [0.25, 0.3) is 5.91 Å². The highest BCUT2D eigenvalue weighted by Crippen LogP contribution is 2.27. The molecule has 5 nitrogen and oxygen atoms in total. The third-order valence-electron chi connectivity index (χ3n) is 3.12. The SMILES string of the molecule is COc1ccc(Cl)cc1NC(=O)COC(=O)CCSc1ccccc1. The smallest absolute Gasteiger partial charge is 0.307 e. The lowest BCUT2D eigenvalue weighted by atomic mass is 10.3. The summed E-state index contributed by atoms with van der Waals surface area (Å²) in [4.78, 5) is 24.7. The molecule has 7 heteroatoms. The largest absolute Gasteiger partial charge is 0.495 e. The van der Waals surface area contributed by atoms with E-state index in [1.807, 2.05) is 30.3 Å². The Morgan fingerprint density at radius 3 is 2.64 bits per heavy atom. The van der Waals surface area contributed by atoms with Crippen LogP contribution in [0.1, 0.15) is 6.42 Å². The zero-order valence-electron chi connectivity index (χ0n) is 13.7. The lowest BCUT2D eigenvalue weighted by Crippen LogP contribution is -2.21. The Morgan fingerprint density at radius 2 is 1.92 bits per heavy atom. The van der Waals surface area contributed by atoms with Gasteiger partial charge in [-0.1, -0.05) is 29.8 Å². The Balaban J connectivity index is 1.72. The van der Waals surface area contributed by atoms with E-state index in [9.17, 15) is 9.59 Å². The van der Waals surface area contributed by atoms with Crippen molar-refractivity contribution in [3.63, 3.8) is 0 Å². The topological polar surface area (TPSA) is 64.6 Å². The molecule has 0 saturated heterocycles. The van der Waals surface area contributed by atoms with Gasteiger partial charge in [0.2, 0.25) is 0 Å². The van der Waals surface area contributed by atoms with Gasteiger partial charge in [0.1, 0.15) is 5.75 Å². The maximum atomic E-state index is 11.9. The normalized spacial score (nSPS) is 10.2. The lowest BCUT2D eigenvalue weighted by Gasteiger charge is -2.10. The third-order valence-corrected chi connectivity index (χ3v) is 4.37. The number of rotatable bonds is 8. The van der Waals surface area contributed by atoms with E-state index < -0.39 is 11.9 Å². The quantitative estimate of drug-likeness (QED) is 0.554. The number of ether oxygens (including phenoxy) is 2. The Kier molecular flexibility index (Phi) is 7.63. The number of anilines is 1. The van der Waals surface area contributed by atoms with Crippen molar-refractivity contribution >= 4 is 40.9 Å². The molecule has 0 saturated carbocycles. The van der Waals surface area contributed by atoms with Gasteiger partial charge in [-0.15, -0.1) is 11.8 Å². The van der Waals surface area contributed by atoms with Gasteiger partial charge in [-0.25, -0.2) is 0 Å². The second-order valence-electron chi connectivity index (χ2n) is 4.96. The van der Waals surface area contributed by atoms with Crippen molar-refractivity contribution in [2.75, 3.05) is 24.8 Å². The van der Waals surface area contributed by atoms with E-state index in [2.05, 4.69) is 5.32 Å². The van der Waals surface area contributed by atoms with E-state index in [4.69, 9.17) is 21.1 Å². The molecule has 1 amide bonds. The van der Waals surface area contributed by atoms with E-state index >= 15 is 0 Å². The zero-order chi connectivity index (χ0) is 18.1. The molecular weight excluding hydrogens is 362 g/mol. The summed E-state index contributed by atoms with van der Waals surface area (Å²) in [5, 5.41) is 3.07. The molecule has 0 aliphatic rings. The molecule has 0 aromatic heterocycles. The van der Waals surface area contributed by atoms with Crippen LogP contribution in [0.2, 0.25) is 5.02 Å². The number of hydrogen-bond donors (Lipinski definition) is 1. The number of benzene rings is 2. The van der Waals surface area contributed by atoms with Crippen LogP contribution in [-0.2, 0) is 14.3 Å². The molecule has 25 heavy (non-hydrogen) atoms. The van der Waals surface area contributed by atoms with E-state index in [0.717, 1.165) is 4.90 Å². The van der Waals surface area contributed by atoms with Crippen LogP contribution >= 0.6 is 23.4 Å². The summed E-state index contributed by atoms with van der Waals surface area (Å²) in [6, 6.07) is 14.6. The Morgan fingerprint density at radius 1 is 1.16 bits per heavy atom. The van der Waals surface area contributed by atoms with Crippen molar-refractivity contribution in [3.05, 3.63) is 53.6 Å². The molecule has 0 fully saturated rings. The number of thioether (sulfide) groups is 1. The number of amides is 1. The van der Waals surface area contributed by atoms with Gasteiger partial charge in [0.15, 0.2) is 6.61 Å². The second kappa shape index (κ2) is 9.96. The minimum absolute atomic E-state index is 0.229. The van der Waals surface area contributed by atoms with Gasteiger partial charge in [-0.3, -0.25) is 9.59 Å². The summed E-state index contributed by atoms with van der Waals surface area (Å²) in [7, 11) is 1.49. The molecule has 0 aliphatic heterocycles. The molecule has 2 aromatic carbocycles. The molecule has 0 unspecified atom stereocenters. The summed E-state index contributed by atoms with van der Waals surface area (Å²) >= 11 is 7.46. The van der Waals surface area contributed by atoms with Crippen LogP contribution < -0.4 is 10.1 Å². The number of nitrogens with one attached hydrogen (secondary N) is 1. The van der Waals surface area contributed by atoms with Crippen molar-refractivity contribution in [1.29, 1.82) is 0 Å². The summed E-state index contributed by atoms with van der Waals surface area (Å²) in [5.41, 5.74) is 0.427. The first-order valence-corrected chi connectivity index (χ1v) is 8.91. The fraction of sp³-hybridized carbons (Fsp3) is 0.222. The Labute approximate surface area is 155 Å². The second-order valence-corrected chi connectivity index (χ2v) is 6.57. The standard InChI is InChI=1S/C18H18ClNO4S/c1-23-16-8-7-13(19)11-15(16)20-17(21)12-24-18(22)9-10-25-14-5-3-2-4-6-14/h2-8,11H,9-10,12H2,1H3,(H,20,21). The first kappa shape index (κ1) is 19.1. The predicted octanol–water partition coefficient (Wildman–Crippen LogP) is 4.01. The van der Waals surface area contributed by atoms with Gasteiger partial charge in [-0.2, -0.15) is 0 Å². The number of hydrogen-bond acceptors (Lipinski definition) is 5. The monoisotopic (exact) mass is 379 g/mol. The van der Waals surface area contributed by atoms with Crippen LogP contribution in [0.5, 0.6) is 5.75 Å². The van der Waals surface area contributed by atoms with Crippen LogP contribution in [-0.4, -0.2) is 31.3 Å². The van der Waals surface area contributed by atoms with Crippen molar-refractivity contribution in [3.8, 4) is 5.75 Å². The van der Waals surface area contributed by atoms with E-state index in [1.165, 1.54) is 7.11 Å². The zero-order valence-corrected chi connectivity index (χ0v) is 15.2. The van der Waals surface area contributed by atoms with E-state index in [-0.39, 0.29) is 13.0 Å². The summed E-state index contributed by atoms with van der Waals surface area (Å²) in [6.07, 6.45) is 0.229. The fourth-order valence-electron chi connectivity index (χ4n) is 1.95. The van der Waals surface area contributed by atoms with Crippen LogP contribution in [0.25, 0.3) is 0 Å². The molecule has 1 N–H and O–H groups in total. The average Bonchev–Trinajstić information content (AvgIpc) is 2.61. The maximum Gasteiger partial charge on any atom is 0.307 e. The summed E-state index contributed by atoms with van der Waals surface area (Å²) in [5.74, 6) is 0.191. The highest BCUT2D eigenvalue weighted by atomic mass is 35.5. The highest BCUT2D eigenvalue weighted by Gasteiger charge is 2.11. The molecule has 0 spiro atoms. The number of carbonyl (C=O) groups excluding carboxylic acids is 2. The molecule has 2 rings (SSSR count). The van der Waals surface area contributed by atoms with E-state index in [1.54, 1.807) is 30.0 Å². The van der Waals surface area contributed by atoms with Crippen molar-refractivity contribution in [2.24, 2.45) is 0 Å². The number of halogens is 1. The minimum Gasteiger partial charge on any atom is -0.495 e. The molecule has 0 radical (unpaired) electrons. The maximum absolute atomic E-state index is 11.9. The van der Waals surface area contributed by atoms with Crippen molar-refractivity contribution in [1.82, 2.24) is 0 Å². The number of esters is 1. The first-order chi connectivity index (χ1) is 12.1. The number of methoxy groups -OCH3 is 1.